The van der Waals surface area contributed by atoms with Crippen LogP contribution in [0.3, 0.4) is 0 Å². The maximum atomic E-state index is 13.4. The monoisotopic (exact) mass is 640 g/mol. The van der Waals surface area contributed by atoms with E-state index >= 15 is 0 Å². The van der Waals surface area contributed by atoms with Gasteiger partial charge in [-0.2, -0.15) is 8.42 Å². The highest BCUT2D eigenvalue weighted by atomic mass is 32.2. The van der Waals surface area contributed by atoms with Crippen LogP contribution in [0.1, 0.15) is 65.3 Å². The summed E-state index contributed by atoms with van der Waals surface area (Å²) in [6.07, 6.45) is -3.81. The van der Waals surface area contributed by atoms with Crippen LogP contribution < -0.4 is 11.2 Å². The van der Waals surface area contributed by atoms with Crippen molar-refractivity contribution in [2.45, 2.75) is 103 Å². The molecule has 2 aromatic rings. The minimum Gasteiger partial charge on any atom is -0.431 e. The van der Waals surface area contributed by atoms with E-state index in [1.807, 2.05) is 6.92 Å². The molecule has 1 aliphatic heterocycles. The molecule has 3 atom stereocenters. The molecule has 1 aromatic carbocycles. The van der Waals surface area contributed by atoms with Gasteiger partial charge in [-0.05, 0) is 67.5 Å². The Kier molecular flexibility index (Phi) is 10.7. The highest BCUT2D eigenvalue weighted by Crippen LogP contribution is 2.31. The summed E-state index contributed by atoms with van der Waals surface area (Å²) in [5.41, 5.74) is -2.10. The van der Waals surface area contributed by atoms with Gasteiger partial charge in [-0.25, -0.2) is 14.4 Å². The zero-order valence-corrected chi connectivity index (χ0v) is 27.0. The summed E-state index contributed by atoms with van der Waals surface area (Å²) in [6, 6.07) is 6.03. The van der Waals surface area contributed by atoms with Crippen LogP contribution in [0, 0.1) is 13.8 Å². The predicted molar refractivity (Wildman–Crippen MR) is 156 cm³/mol. The van der Waals surface area contributed by atoms with Crippen molar-refractivity contribution >= 4 is 22.4 Å². The van der Waals surface area contributed by atoms with Gasteiger partial charge in [-0.1, -0.05) is 17.7 Å². The maximum absolute atomic E-state index is 13.4. The first-order valence-corrected chi connectivity index (χ1v) is 15.4. The lowest BCUT2D eigenvalue weighted by Gasteiger charge is -2.23. The Labute approximate surface area is 255 Å². The number of carbonyl (C=O) groups excluding carboxylic acids is 2. The van der Waals surface area contributed by atoms with E-state index in [0.29, 0.717) is 0 Å². The van der Waals surface area contributed by atoms with Gasteiger partial charge in [0.15, 0.2) is 0 Å². The lowest BCUT2D eigenvalue weighted by Crippen LogP contribution is -2.43. The molecule has 2 heterocycles. The minimum absolute atomic E-state index is 0.0581. The van der Waals surface area contributed by atoms with E-state index < -0.39 is 69.9 Å². The summed E-state index contributed by atoms with van der Waals surface area (Å²) < 4.78 is 59.2. The molecule has 0 spiro atoms. The Bertz CT molecular complexity index is 1560. The van der Waals surface area contributed by atoms with Crippen molar-refractivity contribution in [3.8, 4) is 0 Å². The fraction of sp³-hybridized carbons (Fsp3) is 0.586. The summed E-state index contributed by atoms with van der Waals surface area (Å²) in [5.74, 6) is 0. The maximum Gasteiger partial charge on any atom is 0.509 e. The fourth-order valence-corrected chi connectivity index (χ4v) is 5.04. The lowest BCUT2D eigenvalue weighted by atomic mass is 10.2. The van der Waals surface area contributed by atoms with Gasteiger partial charge in [0.25, 0.3) is 15.7 Å². The Hall–Kier alpha value is -3.69. The van der Waals surface area contributed by atoms with Crippen LogP contribution in [0.4, 0.5) is 9.59 Å². The van der Waals surface area contributed by atoms with Gasteiger partial charge in [0.1, 0.15) is 36.2 Å². The highest BCUT2D eigenvalue weighted by Gasteiger charge is 2.41. The number of rotatable bonds is 9. The molecule has 44 heavy (non-hydrogen) atoms. The molecule has 1 aromatic heterocycles. The summed E-state index contributed by atoms with van der Waals surface area (Å²) >= 11 is 0. The van der Waals surface area contributed by atoms with Gasteiger partial charge >= 0.3 is 18.0 Å². The van der Waals surface area contributed by atoms with E-state index in [9.17, 15) is 27.6 Å². The molecule has 0 radical (unpaired) electrons. The van der Waals surface area contributed by atoms with Crippen molar-refractivity contribution < 1.29 is 45.9 Å². The number of hydrogen-bond acceptors (Lipinski definition) is 12. The molecule has 244 valence electrons. The third-order valence-electron chi connectivity index (χ3n) is 6.11. The smallest absolute Gasteiger partial charge is 0.431 e. The molecule has 2 unspecified atom stereocenters. The number of ether oxygens (including phenoxy) is 5. The van der Waals surface area contributed by atoms with Gasteiger partial charge in [0.2, 0.25) is 0 Å². The minimum atomic E-state index is -4.13. The molecule has 0 amide bonds. The summed E-state index contributed by atoms with van der Waals surface area (Å²) in [5, 5.41) is 0. The van der Waals surface area contributed by atoms with Crippen molar-refractivity contribution in [3.05, 3.63) is 62.4 Å². The van der Waals surface area contributed by atoms with Crippen molar-refractivity contribution in [2.75, 3.05) is 13.2 Å². The zero-order chi connectivity index (χ0) is 33.0. The molecule has 3 rings (SSSR count). The molecule has 1 aliphatic rings. The normalized spacial score (nSPS) is 19.0. The van der Waals surface area contributed by atoms with Crippen LogP contribution in [0.2, 0.25) is 0 Å². The van der Waals surface area contributed by atoms with E-state index in [1.54, 1.807) is 53.7 Å². The Morgan fingerprint density at radius 3 is 2.14 bits per heavy atom. The molecule has 15 heteroatoms. The molecular formula is C29H40N2O12S. The summed E-state index contributed by atoms with van der Waals surface area (Å²) in [7, 11) is -4.13. The largest absolute Gasteiger partial charge is 0.509 e. The van der Waals surface area contributed by atoms with Crippen molar-refractivity contribution in [3.63, 3.8) is 0 Å². The average molecular weight is 641 g/mol. The van der Waals surface area contributed by atoms with Crippen molar-refractivity contribution in [1.29, 1.82) is 0 Å². The quantitative estimate of drug-likeness (QED) is 0.289. The first-order chi connectivity index (χ1) is 20.3. The first-order valence-electron chi connectivity index (χ1n) is 14.0. The van der Waals surface area contributed by atoms with Gasteiger partial charge < -0.3 is 23.7 Å². The second kappa shape index (κ2) is 13.5. The van der Waals surface area contributed by atoms with Gasteiger partial charge in [-0.15, -0.1) is 0 Å². The number of aryl methyl sites for hydroxylation is 2. The third kappa shape index (κ3) is 9.66. The van der Waals surface area contributed by atoms with Crippen LogP contribution in [-0.4, -0.2) is 66.5 Å². The Morgan fingerprint density at radius 2 is 1.55 bits per heavy atom. The number of benzene rings is 1. The van der Waals surface area contributed by atoms with Gasteiger partial charge in [0, 0.05) is 18.2 Å². The van der Waals surface area contributed by atoms with Crippen LogP contribution in [-0.2, 0) is 44.5 Å². The van der Waals surface area contributed by atoms with E-state index in [2.05, 4.69) is 0 Å². The topological polar surface area (TPSA) is 168 Å². The SMILES string of the molecule is Cc1ccc(S(=O)(=O)OCCn2c(=O)c(C)cn(C3C[C@H](OC(=O)OC(C)(C)C)C(COC(=O)OC(C)(C)C)O3)c2=O)cc1. The van der Waals surface area contributed by atoms with Crippen LogP contribution >= 0.6 is 0 Å². The standard InChI is InChI=1S/C29H40N2O12S/c1-18-9-11-20(12-10-18)44(36,37)39-14-13-30-24(32)19(2)16-31(25(30)33)23-15-21(41-27(35)43-29(6,7)8)22(40-23)17-38-26(34)42-28(3,4)5/h9-12,16,21-23H,13-15,17H2,1-8H3/t21-,22?,23?/m0/s1. The molecule has 0 saturated carbocycles. The zero-order valence-electron chi connectivity index (χ0n) is 26.1. The van der Waals surface area contributed by atoms with E-state index in [4.69, 9.17) is 27.9 Å². The summed E-state index contributed by atoms with van der Waals surface area (Å²) in [4.78, 5) is 50.9. The first kappa shape index (κ1) is 34.8. The van der Waals surface area contributed by atoms with Gasteiger partial charge in [0.05, 0.1) is 18.0 Å². The second-order valence-electron chi connectivity index (χ2n) is 12.3. The van der Waals surface area contributed by atoms with Crippen molar-refractivity contribution in [1.82, 2.24) is 9.13 Å². The van der Waals surface area contributed by atoms with Crippen LogP contribution in [0.15, 0.2) is 44.9 Å². The highest BCUT2D eigenvalue weighted by molar-refractivity contribution is 7.86. The molecule has 0 N–H and O–H groups in total. The molecule has 1 saturated heterocycles. The molecule has 0 bridgehead atoms. The molecule has 0 aliphatic carbocycles. The molecular weight excluding hydrogens is 600 g/mol. The Morgan fingerprint density at radius 1 is 0.955 bits per heavy atom. The van der Waals surface area contributed by atoms with Crippen LogP contribution in [0.25, 0.3) is 0 Å². The average Bonchev–Trinajstić information content (AvgIpc) is 3.27. The van der Waals surface area contributed by atoms with Crippen LogP contribution in [0.5, 0.6) is 0 Å². The van der Waals surface area contributed by atoms with Crippen molar-refractivity contribution in [2.24, 2.45) is 0 Å². The van der Waals surface area contributed by atoms with Gasteiger partial charge in [-0.3, -0.25) is 18.1 Å². The number of nitrogens with zero attached hydrogens (tertiary/aromatic N) is 2. The predicted octanol–water partition coefficient (Wildman–Crippen LogP) is 3.59. The lowest BCUT2D eigenvalue weighted by molar-refractivity contribution is -0.0824. The van der Waals surface area contributed by atoms with E-state index in [1.165, 1.54) is 25.3 Å². The third-order valence-corrected chi connectivity index (χ3v) is 7.44. The number of hydrogen-bond donors (Lipinski definition) is 0. The van der Waals surface area contributed by atoms with E-state index in [0.717, 1.165) is 14.7 Å². The molecule has 1 fully saturated rings. The second-order valence-corrected chi connectivity index (χ2v) is 13.9. The Balaban J connectivity index is 1.81. The van der Waals surface area contributed by atoms with E-state index in [-0.39, 0.29) is 30.0 Å². The fourth-order valence-electron chi connectivity index (χ4n) is 4.15. The molecule has 14 nitrogen and oxygen atoms in total. The summed E-state index contributed by atoms with van der Waals surface area (Å²) in [6.45, 7) is 12.0. The number of carbonyl (C=O) groups is 2. The number of aromatic nitrogens is 2.